The van der Waals surface area contributed by atoms with Crippen LogP contribution in [0, 0.1) is 11.8 Å². The number of carboxylic acid groups (broad SMARTS) is 1. The van der Waals surface area contributed by atoms with Gasteiger partial charge in [-0.25, -0.2) is 9.79 Å². The number of carbonyl (C=O) groups is 1. The number of para-hydroxylation sites is 2. The fourth-order valence-electron chi connectivity index (χ4n) is 7.85. The van der Waals surface area contributed by atoms with Crippen molar-refractivity contribution in [1.82, 2.24) is 4.90 Å². The van der Waals surface area contributed by atoms with Crippen molar-refractivity contribution < 1.29 is 9.90 Å². The maximum absolute atomic E-state index is 11.8. The first-order chi connectivity index (χ1) is 15.2. The molecule has 2 aliphatic carbocycles. The average Bonchev–Trinajstić information content (AvgIpc) is 2.77. The zero-order valence-electron chi connectivity index (χ0n) is 18.5. The van der Waals surface area contributed by atoms with Crippen LogP contribution >= 0.6 is 0 Å². The molecular formula is C26H35N3O2. The second-order valence-electron chi connectivity index (χ2n) is 10.8. The summed E-state index contributed by atoms with van der Waals surface area (Å²) in [5, 5.41) is 9.67. The average molecular weight is 422 g/mol. The van der Waals surface area contributed by atoms with E-state index >= 15 is 0 Å². The molecule has 1 N–H and O–H groups in total. The summed E-state index contributed by atoms with van der Waals surface area (Å²) >= 11 is 0. The number of fused-ring (bicyclic) bond motifs is 5. The van der Waals surface area contributed by atoms with Gasteiger partial charge in [0.2, 0.25) is 0 Å². The predicted molar refractivity (Wildman–Crippen MR) is 123 cm³/mol. The third-order valence-corrected chi connectivity index (χ3v) is 8.98. The van der Waals surface area contributed by atoms with Crippen molar-refractivity contribution in [2.24, 2.45) is 16.8 Å². The Balaban J connectivity index is 1.25. The normalized spacial score (nSPS) is 37.7. The molecule has 4 fully saturated rings. The van der Waals surface area contributed by atoms with Crippen LogP contribution in [-0.4, -0.2) is 52.4 Å². The Labute approximate surface area is 185 Å². The summed E-state index contributed by atoms with van der Waals surface area (Å²) in [4.78, 5) is 21.6. The minimum atomic E-state index is -0.883. The van der Waals surface area contributed by atoms with Crippen molar-refractivity contribution in [1.29, 1.82) is 0 Å². The monoisotopic (exact) mass is 421 g/mol. The number of nitrogens with zero attached hydrogens (tertiary/aromatic N) is 3. The standard InChI is InChI=1S/C26H35N3O2/c30-26(31)24-16-28(25-10-2-1-9-23(25)27-24)21-14-19-7-4-8-20(15-21)29(19)22-12-17-5-3-6-18(11-17)13-22/h1-2,9-10,17-22H,3-8,11-16H2,(H,30,31)/t17?,18?,19-,20+,21+,22?. The molecule has 6 rings (SSSR count). The summed E-state index contributed by atoms with van der Waals surface area (Å²) in [5.41, 5.74) is 2.22. The van der Waals surface area contributed by atoms with Crippen molar-refractivity contribution in [3.05, 3.63) is 24.3 Å². The summed E-state index contributed by atoms with van der Waals surface area (Å²) in [6.45, 7) is 0.435. The molecular weight excluding hydrogens is 386 g/mol. The Bertz CT molecular complexity index is 857. The summed E-state index contributed by atoms with van der Waals surface area (Å²) < 4.78 is 0. The van der Waals surface area contributed by atoms with Crippen molar-refractivity contribution in [3.63, 3.8) is 0 Å². The van der Waals surface area contributed by atoms with Crippen LogP contribution in [0.1, 0.15) is 70.6 Å². The minimum absolute atomic E-state index is 0.284. The maximum atomic E-state index is 11.8. The lowest BCUT2D eigenvalue weighted by Gasteiger charge is -2.56. The zero-order chi connectivity index (χ0) is 20.9. The molecule has 5 heteroatoms. The van der Waals surface area contributed by atoms with E-state index in [9.17, 15) is 9.90 Å². The van der Waals surface area contributed by atoms with E-state index in [-0.39, 0.29) is 5.71 Å². The summed E-state index contributed by atoms with van der Waals surface area (Å²) in [5.74, 6) is 1.06. The number of hydrogen-bond donors (Lipinski definition) is 1. The number of aliphatic imine (C=N–C) groups is 1. The first-order valence-corrected chi connectivity index (χ1v) is 12.6. The van der Waals surface area contributed by atoms with Gasteiger partial charge in [-0.1, -0.05) is 37.8 Å². The maximum Gasteiger partial charge on any atom is 0.352 e. The molecule has 4 bridgehead atoms. The van der Waals surface area contributed by atoms with Crippen LogP contribution in [0.25, 0.3) is 0 Å². The van der Waals surface area contributed by atoms with Gasteiger partial charge in [0.15, 0.2) is 0 Å². The molecule has 0 amide bonds. The summed E-state index contributed by atoms with van der Waals surface area (Å²) in [7, 11) is 0. The number of carboxylic acids is 1. The molecule has 2 saturated carbocycles. The molecule has 2 saturated heterocycles. The van der Waals surface area contributed by atoms with Gasteiger partial charge >= 0.3 is 5.97 Å². The molecule has 5 aliphatic rings. The van der Waals surface area contributed by atoms with Gasteiger partial charge in [0.1, 0.15) is 5.71 Å². The van der Waals surface area contributed by atoms with Gasteiger partial charge < -0.3 is 10.0 Å². The van der Waals surface area contributed by atoms with Crippen molar-refractivity contribution in [2.45, 2.75) is 94.8 Å². The number of anilines is 1. The summed E-state index contributed by atoms with van der Waals surface area (Å²) in [6, 6.07) is 10.7. The molecule has 5 atom stereocenters. The smallest absolute Gasteiger partial charge is 0.352 e. The first-order valence-electron chi connectivity index (χ1n) is 12.6. The Morgan fingerprint density at radius 2 is 1.52 bits per heavy atom. The van der Waals surface area contributed by atoms with Crippen LogP contribution in [0.4, 0.5) is 11.4 Å². The van der Waals surface area contributed by atoms with Gasteiger partial charge in [-0.2, -0.15) is 0 Å². The Morgan fingerprint density at radius 3 is 2.23 bits per heavy atom. The van der Waals surface area contributed by atoms with Crippen LogP contribution in [0.3, 0.4) is 0 Å². The second-order valence-corrected chi connectivity index (χ2v) is 10.8. The van der Waals surface area contributed by atoms with Gasteiger partial charge in [0.25, 0.3) is 0 Å². The highest BCUT2D eigenvalue weighted by molar-refractivity contribution is 6.38. The summed E-state index contributed by atoms with van der Waals surface area (Å²) in [6.07, 6.45) is 15.0. The van der Waals surface area contributed by atoms with Crippen LogP contribution in [-0.2, 0) is 4.79 Å². The Morgan fingerprint density at radius 1 is 0.839 bits per heavy atom. The number of benzene rings is 1. The third kappa shape index (κ3) is 3.59. The number of rotatable bonds is 3. The van der Waals surface area contributed by atoms with Crippen LogP contribution in [0.5, 0.6) is 0 Å². The molecule has 3 heterocycles. The molecule has 0 aromatic heterocycles. The lowest BCUT2D eigenvalue weighted by Crippen LogP contribution is -2.62. The molecule has 0 radical (unpaired) electrons. The fourth-order valence-corrected chi connectivity index (χ4v) is 7.85. The van der Waals surface area contributed by atoms with Crippen LogP contribution in [0.2, 0.25) is 0 Å². The highest BCUT2D eigenvalue weighted by Crippen LogP contribution is 2.47. The number of hydrogen-bond acceptors (Lipinski definition) is 4. The van der Waals surface area contributed by atoms with E-state index in [1.165, 1.54) is 70.6 Å². The van der Waals surface area contributed by atoms with Crippen LogP contribution in [0.15, 0.2) is 29.3 Å². The van der Waals surface area contributed by atoms with Gasteiger partial charge in [-0.15, -0.1) is 0 Å². The molecule has 0 spiro atoms. The molecule has 31 heavy (non-hydrogen) atoms. The van der Waals surface area contributed by atoms with E-state index in [0.717, 1.165) is 29.3 Å². The largest absolute Gasteiger partial charge is 0.477 e. The van der Waals surface area contributed by atoms with E-state index < -0.39 is 5.97 Å². The highest BCUT2D eigenvalue weighted by atomic mass is 16.4. The van der Waals surface area contributed by atoms with E-state index in [1.807, 2.05) is 12.1 Å². The van der Waals surface area contributed by atoms with Crippen molar-refractivity contribution in [2.75, 3.05) is 11.4 Å². The lowest BCUT2D eigenvalue weighted by atomic mass is 9.68. The first kappa shape index (κ1) is 19.8. The second kappa shape index (κ2) is 7.91. The molecule has 166 valence electrons. The minimum Gasteiger partial charge on any atom is -0.477 e. The topological polar surface area (TPSA) is 56.1 Å². The molecule has 1 aromatic carbocycles. The third-order valence-electron chi connectivity index (χ3n) is 8.98. The van der Waals surface area contributed by atoms with E-state index in [4.69, 9.17) is 0 Å². The zero-order valence-corrected chi connectivity index (χ0v) is 18.5. The van der Waals surface area contributed by atoms with Crippen LogP contribution < -0.4 is 4.90 Å². The van der Waals surface area contributed by atoms with Crippen molar-refractivity contribution in [3.8, 4) is 0 Å². The van der Waals surface area contributed by atoms with Gasteiger partial charge in [-0.05, 0) is 68.9 Å². The fraction of sp³-hybridized carbons (Fsp3) is 0.692. The molecule has 2 unspecified atom stereocenters. The van der Waals surface area contributed by atoms with Gasteiger partial charge in [0.05, 0.1) is 17.9 Å². The van der Waals surface area contributed by atoms with Gasteiger partial charge in [0, 0.05) is 24.2 Å². The number of aliphatic carboxylic acids is 1. The quantitative estimate of drug-likeness (QED) is 0.745. The Kier molecular flexibility index (Phi) is 5.05. The lowest BCUT2D eigenvalue weighted by molar-refractivity contribution is -0.129. The van der Waals surface area contributed by atoms with E-state index in [2.05, 4.69) is 26.9 Å². The van der Waals surface area contributed by atoms with E-state index in [1.54, 1.807) is 0 Å². The predicted octanol–water partition coefficient (Wildman–Crippen LogP) is 5.02. The van der Waals surface area contributed by atoms with Gasteiger partial charge in [-0.3, -0.25) is 4.90 Å². The number of piperidine rings is 2. The molecule has 3 aliphatic heterocycles. The van der Waals surface area contributed by atoms with E-state index in [0.29, 0.717) is 24.7 Å². The SMILES string of the molecule is O=C(O)C1=Nc2ccccc2N([C@H]2C[C@H]3CCC[C@@H](C2)N3C2CC3CCCC(C3)C2)C1. The highest BCUT2D eigenvalue weighted by Gasteiger charge is 2.46. The molecule has 5 nitrogen and oxygen atoms in total. The molecule has 1 aromatic rings. The van der Waals surface area contributed by atoms with Crippen molar-refractivity contribution >= 4 is 23.1 Å². The Hall–Kier alpha value is -1.88.